The van der Waals surface area contributed by atoms with Gasteiger partial charge in [0.1, 0.15) is 12.1 Å². The fourth-order valence-corrected chi connectivity index (χ4v) is 3.59. The van der Waals surface area contributed by atoms with Crippen molar-refractivity contribution in [2.24, 2.45) is 0 Å². The van der Waals surface area contributed by atoms with E-state index < -0.39 is 0 Å². The molecule has 0 aromatic carbocycles. The molecule has 3 heterocycles. The van der Waals surface area contributed by atoms with Crippen LogP contribution in [0.2, 0.25) is 0 Å². The molecule has 2 aromatic heterocycles. The molecule has 0 aliphatic carbocycles. The summed E-state index contributed by atoms with van der Waals surface area (Å²) < 4.78 is 1.86. The van der Waals surface area contributed by atoms with Crippen molar-refractivity contribution < 1.29 is 0 Å². The monoisotopic (exact) mass is 277 g/mol. The van der Waals surface area contributed by atoms with E-state index in [4.69, 9.17) is 0 Å². The van der Waals surface area contributed by atoms with E-state index in [9.17, 15) is 0 Å². The van der Waals surface area contributed by atoms with Crippen molar-refractivity contribution in [3.8, 4) is 0 Å². The van der Waals surface area contributed by atoms with Crippen LogP contribution in [0.4, 0.5) is 5.82 Å². The molecule has 102 valence electrons. The molecule has 19 heavy (non-hydrogen) atoms. The Bertz CT molecular complexity index is 581. The van der Waals surface area contributed by atoms with Gasteiger partial charge in [0.25, 0.3) is 5.78 Å². The van der Waals surface area contributed by atoms with Crippen molar-refractivity contribution in [3.63, 3.8) is 0 Å². The molecule has 3 rings (SSSR count). The van der Waals surface area contributed by atoms with Gasteiger partial charge in [0.05, 0.1) is 0 Å². The van der Waals surface area contributed by atoms with Crippen molar-refractivity contribution in [3.05, 3.63) is 18.1 Å². The number of thioether (sulfide) groups is 1. The Morgan fingerprint density at radius 1 is 1.42 bits per heavy atom. The highest BCUT2D eigenvalue weighted by Crippen LogP contribution is 2.29. The smallest absolute Gasteiger partial charge is 0.254 e. The van der Waals surface area contributed by atoms with Gasteiger partial charge in [-0.15, -0.1) is 0 Å². The third kappa shape index (κ3) is 2.18. The predicted molar refractivity (Wildman–Crippen MR) is 78.9 cm³/mol. The molecule has 2 aromatic rings. The third-order valence-corrected chi connectivity index (χ3v) is 5.16. The number of hydrogen-bond donors (Lipinski definition) is 0. The van der Waals surface area contributed by atoms with Crippen LogP contribution in [0.15, 0.2) is 12.4 Å². The number of fused-ring (bicyclic) bond motifs is 1. The van der Waals surface area contributed by atoms with Gasteiger partial charge in [0, 0.05) is 35.3 Å². The number of hydrogen-bond acceptors (Lipinski definition) is 5. The molecule has 0 bridgehead atoms. The van der Waals surface area contributed by atoms with Gasteiger partial charge in [-0.2, -0.15) is 26.4 Å². The van der Waals surface area contributed by atoms with Crippen molar-refractivity contribution in [1.29, 1.82) is 0 Å². The average molecular weight is 277 g/mol. The quantitative estimate of drug-likeness (QED) is 0.840. The lowest BCUT2D eigenvalue weighted by molar-refractivity contribution is 0.610. The molecule has 0 saturated carbocycles. The predicted octanol–water partition coefficient (Wildman–Crippen LogP) is 2.02. The van der Waals surface area contributed by atoms with Crippen LogP contribution in [0.5, 0.6) is 0 Å². The van der Waals surface area contributed by atoms with Gasteiger partial charge in [-0.25, -0.2) is 4.98 Å². The second kappa shape index (κ2) is 5.00. The summed E-state index contributed by atoms with van der Waals surface area (Å²) in [5, 5.41) is 4.95. The van der Waals surface area contributed by atoms with Crippen LogP contribution in [0.1, 0.15) is 26.5 Å². The molecule has 1 saturated heterocycles. The largest absolute Gasteiger partial charge is 0.352 e. The maximum Gasteiger partial charge on any atom is 0.254 e. The molecule has 6 heteroatoms. The maximum absolute atomic E-state index is 4.51. The Kier molecular flexibility index (Phi) is 3.35. The second-order valence-electron chi connectivity index (χ2n) is 4.94. The Morgan fingerprint density at radius 3 is 3.05 bits per heavy atom. The van der Waals surface area contributed by atoms with Crippen LogP contribution in [0.25, 0.3) is 5.78 Å². The summed E-state index contributed by atoms with van der Waals surface area (Å²) in [6, 6.07) is 2.65. The van der Waals surface area contributed by atoms with E-state index in [-0.39, 0.29) is 0 Å². The van der Waals surface area contributed by atoms with Gasteiger partial charge in [0.2, 0.25) is 0 Å². The lowest BCUT2D eigenvalue weighted by Gasteiger charge is -2.38. The van der Waals surface area contributed by atoms with Gasteiger partial charge in [-0.1, -0.05) is 13.8 Å². The van der Waals surface area contributed by atoms with Gasteiger partial charge < -0.3 is 4.90 Å². The topological polar surface area (TPSA) is 46.3 Å². The SMILES string of the molecule is CCc1cc(N2CCSC(C)C2C)n2ncnc2n1. The number of aromatic nitrogens is 4. The second-order valence-corrected chi connectivity index (χ2v) is 6.43. The Hall–Kier alpha value is -1.30. The third-order valence-electron chi connectivity index (χ3n) is 3.83. The van der Waals surface area contributed by atoms with Crippen LogP contribution >= 0.6 is 11.8 Å². The fraction of sp³-hybridized carbons (Fsp3) is 0.615. The first-order valence-corrected chi connectivity index (χ1v) is 7.83. The molecule has 0 radical (unpaired) electrons. The highest BCUT2D eigenvalue weighted by molar-refractivity contribution is 8.00. The number of rotatable bonds is 2. The number of anilines is 1. The first-order chi connectivity index (χ1) is 9.20. The summed E-state index contributed by atoms with van der Waals surface area (Å²) in [4.78, 5) is 11.2. The summed E-state index contributed by atoms with van der Waals surface area (Å²) >= 11 is 2.04. The first kappa shape index (κ1) is 12.7. The van der Waals surface area contributed by atoms with E-state index in [0.29, 0.717) is 17.1 Å². The molecule has 0 amide bonds. The average Bonchev–Trinajstić information content (AvgIpc) is 2.89. The van der Waals surface area contributed by atoms with Gasteiger partial charge in [0.15, 0.2) is 0 Å². The van der Waals surface area contributed by atoms with E-state index in [2.05, 4.69) is 46.8 Å². The summed E-state index contributed by atoms with van der Waals surface area (Å²) in [7, 11) is 0. The Morgan fingerprint density at radius 2 is 2.26 bits per heavy atom. The molecule has 1 aliphatic rings. The molecule has 5 nitrogen and oxygen atoms in total. The highest BCUT2D eigenvalue weighted by Gasteiger charge is 2.27. The minimum Gasteiger partial charge on any atom is -0.352 e. The van der Waals surface area contributed by atoms with Gasteiger partial charge in [-0.3, -0.25) is 0 Å². The first-order valence-electron chi connectivity index (χ1n) is 6.78. The molecular weight excluding hydrogens is 258 g/mol. The standard InChI is InChI=1S/C13H19N5S/c1-4-11-7-12(18-13(16-11)14-8-15-18)17-5-6-19-10(3)9(17)2/h7-10H,4-6H2,1-3H3. The van der Waals surface area contributed by atoms with Gasteiger partial charge in [-0.05, 0) is 13.3 Å². The minimum absolute atomic E-state index is 0.498. The molecule has 0 N–H and O–H groups in total. The van der Waals surface area contributed by atoms with E-state index in [1.807, 2.05) is 16.3 Å². The maximum atomic E-state index is 4.51. The molecule has 2 unspecified atom stereocenters. The molecule has 2 atom stereocenters. The zero-order valence-corrected chi connectivity index (χ0v) is 12.4. The van der Waals surface area contributed by atoms with E-state index in [0.717, 1.165) is 30.2 Å². The zero-order chi connectivity index (χ0) is 13.4. The van der Waals surface area contributed by atoms with E-state index >= 15 is 0 Å². The summed E-state index contributed by atoms with van der Waals surface area (Å²) in [5.41, 5.74) is 1.08. The summed E-state index contributed by atoms with van der Waals surface area (Å²) in [6.07, 6.45) is 2.50. The summed E-state index contributed by atoms with van der Waals surface area (Å²) in [5.74, 6) is 2.98. The minimum atomic E-state index is 0.498. The van der Waals surface area contributed by atoms with Crippen LogP contribution < -0.4 is 4.90 Å². The van der Waals surface area contributed by atoms with Gasteiger partial charge >= 0.3 is 0 Å². The van der Waals surface area contributed by atoms with Crippen LogP contribution in [0.3, 0.4) is 0 Å². The zero-order valence-electron chi connectivity index (χ0n) is 11.6. The van der Waals surface area contributed by atoms with Crippen molar-refractivity contribution >= 4 is 23.4 Å². The molecule has 1 aliphatic heterocycles. The van der Waals surface area contributed by atoms with Crippen molar-refractivity contribution in [1.82, 2.24) is 19.6 Å². The molecule has 0 spiro atoms. The van der Waals surface area contributed by atoms with Crippen LogP contribution in [0, 0.1) is 0 Å². The lowest BCUT2D eigenvalue weighted by Crippen LogP contribution is -2.45. The fourth-order valence-electron chi connectivity index (χ4n) is 2.49. The van der Waals surface area contributed by atoms with Crippen molar-refractivity contribution in [2.75, 3.05) is 17.2 Å². The molecule has 1 fully saturated rings. The van der Waals surface area contributed by atoms with Crippen molar-refractivity contribution in [2.45, 2.75) is 38.5 Å². The molecular formula is C13H19N5S. The van der Waals surface area contributed by atoms with Crippen LogP contribution in [-0.2, 0) is 6.42 Å². The highest BCUT2D eigenvalue weighted by atomic mass is 32.2. The van der Waals surface area contributed by atoms with Crippen LogP contribution in [-0.4, -0.2) is 43.2 Å². The lowest BCUT2D eigenvalue weighted by atomic mass is 10.2. The number of aryl methyl sites for hydroxylation is 1. The number of nitrogens with zero attached hydrogens (tertiary/aromatic N) is 5. The summed E-state index contributed by atoms with van der Waals surface area (Å²) in [6.45, 7) is 7.75. The van der Waals surface area contributed by atoms with E-state index in [1.54, 1.807) is 6.33 Å². The Labute approximate surface area is 117 Å². The van der Waals surface area contributed by atoms with E-state index in [1.165, 1.54) is 0 Å². The Balaban J connectivity index is 2.09. The normalized spacial score (nSPS) is 24.1.